The molecule has 47 heavy (non-hydrogen) atoms. The fourth-order valence-electron chi connectivity index (χ4n) is 4.78. The zero-order valence-electron chi connectivity index (χ0n) is 28.0. The molecule has 0 radical (unpaired) electrons. The second kappa shape index (κ2) is 14.1. The normalized spacial score (nSPS) is 14.3. The van der Waals surface area contributed by atoms with E-state index in [-0.39, 0.29) is 38.0 Å². The second-order valence-electron chi connectivity index (χ2n) is 13.5. The number of benzene rings is 3. The lowest BCUT2D eigenvalue weighted by Crippen LogP contribution is -2.36. The number of amidine groups is 1. The number of ether oxygens (including phenoxy) is 3. The number of carbonyl (C=O) groups excluding carboxylic acids is 2. The second-order valence-corrected chi connectivity index (χ2v) is 13.5. The molecule has 0 saturated heterocycles. The van der Waals surface area contributed by atoms with Crippen LogP contribution in [0.15, 0.2) is 71.7 Å². The topological polar surface area (TPSA) is 150 Å². The molecule has 3 aromatic rings. The summed E-state index contributed by atoms with van der Waals surface area (Å²) in [7, 11) is 0. The van der Waals surface area contributed by atoms with Crippen molar-refractivity contribution in [1.29, 1.82) is 0 Å². The first-order chi connectivity index (χ1) is 22.0. The van der Waals surface area contributed by atoms with Gasteiger partial charge in [-0.25, -0.2) is 14.6 Å². The first-order valence-corrected chi connectivity index (χ1v) is 15.4. The predicted molar refractivity (Wildman–Crippen MR) is 178 cm³/mol. The summed E-state index contributed by atoms with van der Waals surface area (Å²) in [6.45, 7) is 13.5. The number of nitrogens with zero attached hydrogens (tertiary/aromatic N) is 4. The van der Waals surface area contributed by atoms with Crippen LogP contribution in [0, 0.1) is 10.1 Å². The van der Waals surface area contributed by atoms with Crippen molar-refractivity contribution in [3.05, 3.63) is 99.1 Å². The van der Waals surface area contributed by atoms with Crippen LogP contribution in [-0.2, 0) is 35.7 Å². The summed E-state index contributed by atoms with van der Waals surface area (Å²) in [5.74, 6) is 1.000. The Hall–Kier alpha value is -5.13. The number of amides is 2. The summed E-state index contributed by atoms with van der Waals surface area (Å²) in [5, 5.41) is 11.1. The van der Waals surface area contributed by atoms with Gasteiger partial charge in [-0.15, -0.1) is 0 Å². The average Bonchev–Trinajstić information content (AvgIpc) is 2.96. The monoisotopic (exact) mass is 645 g/mol. The maximum absolute atomic E-state index is 13.4. The van der Waals surface area contributed by atoms with Gasteiger partial charge in [-0.3, -0.25) is 19.9 Å². The minimum Gasteiger partial charge on any atom is -0.481 e. The molecule has 0 aromatic heterocycles. The molecule has 0 bridgehead atoms. The Kier molecular flexibility index (Phi) is 10.4. The van der Waals surface area contributed by atoms with Gasteiger partial charge in [0.2, 0.25) is 0 Å². The Morgan fingerprint density at radius 2 is 1.28 bits per heavy atom. The molecular weight excluding hydrogens is 602 g/mol. The maximum Gasteiger partial charge on any atom is 0.410 e. The Morgan fingerprint density at radius 3 is 1.77 bits per heavy atom. The standard InChI is InChI=1S/C35H43N5O7/c1-23-31(36)37-29-18-27(13-16-30(29)45-23)22-39(33(42)47-35(5,6)7)21-26-10-8-9-25(17-26)20-38(32(41)46-34(2,3)4)19-24-11-14-28(15-12-24)40(43)44/h8-18,23H,19-22H2,1-7H3,(H2,36,37). The molecule has 1 aliphatic heterocycles. The number of nitrogens with two attached hydrogens (primary N) is 1. The molecule has 1 unspecified atom stereocenters. The molecule has 12 heteroatoms. The number of nitro benzene ring substituents is 1. The molecule has 4 rings (SSSR count). The fourth-order valence-corrected chi connectivity index (χ4v) is 4.78. The highest BCUT2D eigenvalue weighted by Crippen LogP contribution is 2.33. The molecule has 0 aliphatic carbocycles. The van der Waals surface area contributed by atoms with Crippen molar-refractivity contribution in [3.63, 3.8) is 0 Å². The lowest BCUT2D eigenvalue weighted by atomic mass is 10.1. The van der Waals surface area contributed by atoms with Crippen LogP contribution in [0.2, 0.25) is 0 Å². The first-order valence-electron chi connectivity index (χ1n) is 15.4. The van der Waals surface area contributed by atoms with Gasteiger partial charge in [0.15, 0.2) is 6.10 Å². The van der Waals surface area contributed by atoms with E-state index in [4.69, 9.17) is 19.9 Å². The first kappa shape index (κ1) is 34.7. The Balaban J connectivity index is 1.57. The SMILES string of the molecule is CC1Oc2ccc(CN(Cc3cccc(CN(Cc4ccc([N+](=O)[O-])cc4)C(=O)OC(C)(C)C)c3)C(=O)OC(C)(C)C)cc2N=C1N. The van der Waals surface area contributed by atoms with Gasteiger partial charge in [-0.1, -0.05) is 42.5 Å². The van der Waals surface area contributed by atoms with Gasteiger partial charge < -0.3 is 19.9 Å². The molecule has 1 aliphatic rings. The summed E-state index contributed by atoms with van der Waals surface area (Å²) < 4.78 is 17.3. The molecule has 2 amide bonds. The van der Waals surface area contributed by atoms with Gasteiger partial charge in [-0.05, 0) is 82.9 Å². The molecule has 0 saturated carbocycles. The van der Waals surface area contributed by atoms with Crippen molar-refractivity contribution < 1.29 is 28.7 Å². The zero-order chi connectivity index (χ0) is 34.5. The highest BCUT2D eigenvalue weighted by atomic mass is 16.6. The number of hydrogen-bond acceptors (Lipinski definition) is 9. The van der Waals surface area contributed by atoms with Crippen LogP contribution in [0.4, 0.5) is 21.0 Å². The number of aliphatic imine (C=N–C) groups is 1. The number of hydrogen-bond donors (Lipinski definition) is 1. The highest BCUT2D eigenvalue weighted by molar-refractivity contribution is 5.89. The van der Waals surface area contributed by atoms with E-state index >= 15 is 0 Å². The minimum absolute atomic E-state index is 0.0324. The van der Waals surface area contributed by atoms with Crippen LogP contribution >= 0.6 is 0 Å². The van der Waals surface area contributed by atoms with Crippen LogP contribution in [-0.4, -0.2) is 50.1 Å². The third-order valence-electron chi connectivity index (χ3n) is 6.93. The Labute approximate surface area is 275 Å². The quantitative estimate of drug-likeness (QED) is 0.189. The molecule has 0 spiro atoms. The summed E-state index contributed by atoms with van der Waals surface area (Å²) in [6, 6.07) is 19.2. The summed E-state index contributed by atoms with van der Waals surface area (Å²) in [4.78, 5) is 45.0. The van der Waals surface area contributed by atoms with Crippen molar-refractivity contribution in [2.45, 2.75) is 92.0 Å². The minimum atomic E-state index is -0.724. The van der Waals surface area contributed by atoms with E-state index in [1.54, 1.807) is 42.7 Å². The zero-order valence-corrected chi connectivity index (χ0v) is 28.0. The lowest BCUT2D eigenvalue weighted by molar-refractivity contribution is -0.384. The highest BCUT2D eigenvalue weighted by Gasteiger charge is 2.26. The Bertz CT molecular complexity index is 1640. The van der Waals surface area contributed by atoms with Gasteiger partial charge in [0, 0.05) is 38.3 Å². The van der Waals surface area contributed by atoms with Crippen molar-refractivity contribution in [2.75, 3.05) is 0 Å². The number of non-ortho nitro benzene ring substituents is 1. The Morgan fingerprint density at radius 1 is 0.809 bits per heavy atom. The van der Waals surface area contributed by atoms with E-state index < -0.39 is 28.3 Å². The predicted octanol–water partition coefficient (Wildman–Crippen LogP) is 7.24. The molecule has 1 atom stereocenters. The summed E-state index contributed by atoms with van der Waals surface area (Å²) in [5.41, 5.74) is 8.30. The van der Waals surface area contributed by atoms with E-state index in [1.165, 1.54) is 12.1 Å². The van der Waals surface area contributed by atoms with Gasteiger partial charge in [-0.2, -0.15) is 0 Å². The van der Waals surface area contributed by atoms with Gasteiger partial charge in [0.05, 0.1) is 4.92 Å². The molecule has 250 valence electrons. The number of carbonyl (C=O) groups is 2. The van der Waals surface area contributed by atoms with Crippen LogP contribution in [0.1, 0.15) is 70.7 Å². The molecule has 1 heterocycles. The summed E-state index contributed by atoms with van der Waals surface area (Å²) in [6.07, 6.45) is -1.33. The third-order valence-corrected chi connectivity index (χ3v) is 6.93. The molecule has 12 nitrogen and oxygen atoms in total. The van der Waals surface area contributed by atoms with Crippen LogP contribution in [0.25, 0.3) is 0 Å². The van der Waals surface area contributed by atoms with Gasteiger partial charge >= 0.3 is 12.2 Å². The molecule has 3 aromatic carbocycles. The molecule has 0 fully saturated rings. The maximum atomic E-state index is 13.4. The van der Waals surface area contributed by atoms with E-state index in [0.717, 1.165) is 16.7 Å². The van der Waals surface area contributed by atoms with E-state index in [0.29, 0.717) is 22.8 Å². The number of rotatable bonds is 9. The number of nitro groups is 1. The number of fused-ring (bicyclic) bond motifs is 1. The van der Waals surface area contributed by atoms with Crippen LogP contribution < -0.4 is 10.5 Å². The van der Waals surface area contributed by atoms with Gasteiger partial charge in [0.1, 0.15) is 28.5 Å². The van der Waals surface area contributed by atoms with E-state index in [9.17, 15) is 19.7 Å². The van der Waals surface area contributed by atoms with Crippen molar-refractivity contribution >= 4 is 29.4 Å². The van der Waals surface area contributed by atoms with Crippen LogP contribution in [0.5, 0.6) is 5.75 Å². The van der Waals surface area contributed by atoms with E-state index in [2.05, 4.69) is 4.99 Å². The molecular formula is C35H43N5O7. The van der Waals surface area contributed by atoms with E-state index in [1.807, 2.05) is 70.2 Å². The van der Waals surface area contributed by atoms with Crippen molar-refractivity contribution in [2.24, 2.45) is 10.7 Å². The smallest absolute Gasteiger partial charge is 0.410 e. The van der Waals surface area contributed by atoms with Crippen molar-refractivity contribution in [1.82, 2.24) is 9.80 Å². The molecule has 2 N–H and O–H groups in total. The largest absolute Gasteiger partial charge is 0.481 e. The third kappa shape index (κ3) is 10.2. The lowest BCUT2D eigenvalue weighted by Gasteiger charge is -2.29. The van der Waals surface area contributed by atoms with Crippen LogP contribution in [0.3, 0.4) is 0 Å². The van der Waals surface area contributed by atoms with Crippen molar-refractivity contribution in [3.8, 4) is 5.75 Å². The fraction of sp³-hybridized carbons (Fsp3) is 0.400. The summed E-state index contributed by atoms with van der Waals surface area (Å²) >= 11 is 0. The van der Waals surface area contributed by atoms with Gasteiger partial charge in [0.25, 0.3) is 5.69 Å². The average molecular weight is 646 g/mol.